The summed E-state index contributed by atoms with van der Waals surface area (Å²) in [5.74, 6) is 0.499. The number of piperazine rings is 1. The molecule has 1 unspecified atom stereocenters. The summed E-state index contributed by atoms with van der Waals surface area (Å²) in [7, 11) is 0. The number of rotatable bonds is 5. The molecule has 0 radical (unpaired) electrons. The first-order valence-electron chi connectivity index (χ1n) is 9.70. The van der Waals surface area contributed by atoms with Gasteiger partial charge in [0.25, 0.3) is 0 Å². The van der Waals surface area contributed by atoms with Gasteiger partial charge in [0.05, 0.1) is 0 Å². The highest BCUT2D eigenvalue weighted by molar-refractivity contribution is 6.30. The Bertz CT molecular complexity index is 951. The fourth-order valence-electron chi connectivity index (χ4n) is 3.43. The molecule has 0 spiro atoms. The van der Waals surface area contributed by atoms with Crippen LogP contribution < -0.4 is 0 Å². The van der Waals surface area contributed by atoms with Gasteiger partial charge in [0, 0.05) is 43.3 Å². The van der Waals surface area contributed by atoms with Gasteiger partial charge in [0.1, 0.15) is 6.04 Å². The number of aromatic nitrogens is 4. The molecular weight excluding hydrogens is 388 g/mol. The van der Waals surface area contributed by atoms with Crippen molar-refractivity contribution in [1.29, 1.82) is 0 Å². The number of hydrogen-bond acceptors (Lipinski definition) is 5. The van der Waals surface area contributed by atoms with Gasteiger partial charge in [-0.2, -0.15) is 4.80 Å². The zero-order chi connectivity index (χ0) is 20.2. The third-order valence-corrected chi connectivity index (χ3v) is 5.42. The second-order valence-corrected chi connectivity index (χ2v) is 7.64. The molecular formula is C21H23ClN6O. The molecule has 1 saturated heterocycles. The number of nitrogens with zero attached hydrogens (tertiary/aromatic N) is 6. The number of amides is 1. The Morgan fingerprint density at radius 2 is 1.72 bits per heavy atom. The van der Waals surface area contributed by atoms with Crippen LogP contribution in [-0.2, 0) is 11.3 Å². The molecule has 0 bridgehead atoms. The highest BCUT2D eigenvalue weighted by Gasteiger charge is 2.27. The third-order valence-electron chi connectivity index (χ3n) is 5.17. The summed E-state index contributed by atoms with van der Waals surface area (Å²) in [4.78, 5) is 18.6. The topological polar surface area (TPSA) is 67.2 Å². The molecule has 8 heteroatoms. The van der Waals surface area contributed by atoms with Crippen molar-refractivity contribution >= 4 is 17.5 Å². The van der Waals surface area contributed by atoms with Gasteiger partial charge in [0.2, 0.25) is 11.7 Å². The zero-order valence-electron chi connectivity index (χ0n) is 16.3. The van der Waals surface area contributed by atoms with E-state index < -0.39 is 6.04 Å². The van der Waals surface area contributed by atoms with Gasteiger partial charge in [-0.25, -0.2) is 0 Å². The summed E-state index contributed by atoms with van der Waals surface area (Å²) < 4.78 is 0. The van der Waals surface area contributed by atoms with Crippen LogP contribution in [0.15, 0.2) is 54.6 Å². The number of tetrazole rings is 1. The third kappa shape index (κ3) is 4.63. The standard InChI is InChI=1S/C21H23ClN6O/c1-16(28-24-20(23-25-28)18-7-9-19(22)10-8-18)21(29)27-13-11-26(12-14-27)15-17-5-3-2-4-6-17/h2-10,16H,11-15H2,1H3. The van der Waals surface area contributed by atoms with Crippen LogP contribution in [0.3, 0.4) is 0 Å². The molecule has 2 aromatic carbocycles. The highest BCUT2D eigenvalue weighted by Crippen LogP contribution is 2.18. The van der Waals surface area contributed by atoms with E-state index in [1.165, 1.54) is 10.4 Å². The molecule has 1 aromatic heterocycles. The molecule has 1 atom stereocenters. The molecule has 1 amide bonds. The minimum absolute atomic E-state index is 0.0180. The van der Waals surface area contributed by atoms with E-state index in [1.807, 2.05) is 30.0 Å². The van der Waals surface area contributed by atoms with Gasteiger partial charge < -0.3 is 4.90 Å². The molecule has 150 valence electrons. The first-order valence-corrected chi connectivity index (χ1v) is 10.1. The maximum Gasteiger partial charge on any atom is 0.249 e. The fraction of sp³-hybridized carbons (Fsp3) is 0.333. The lowest BCUT2D eigenvalue weighted by molar-refractivity contribution is -0.136. The second kappa shape index (κ2) is 8.71. The van der Waals surface area contributed by atoms with Gasteiger partial charge in [-0.3, -0.25) is 9.69 Å². The van der Waals surface area contributed by atoms with Crippen molar-refractivity contribution in [2.45, 2.75) is 19.5 Å². The van der Waals surface area contributed by atoms with Crippen molar-refractivity contribution in [3.05, 3.63) is 65.2 Å². The van der Waals surface area contributed by atoms with E-state index in [1.54, 1.807) is 12.1 Å². The largest absolute Gasteiger partial charge is 0.338 e. The van der Waals surface area contributed by atoms with Gasteiger partial charge in [0.15, 0.2) is 0 Å². The number of hydrogen-bond donors (Lipinski definition) is 0. The van der Waals surface area contributed by atoms with Gasteiger partial charge >= 0.3 is 0 Å². The minimum Gasteiger partial charge on any atom is -0.338 e. The number of carbonyl (C=O) groups excluding carboxylic acids is 1. The van der Waals surface area contributed by atoms with Gasteiger partial charge in [-0.1, -0.05) is 41.9 Å². The van der Waals surface area contributed by atoms with Gasteiger partial charge in [-0.05, 0) is 42.0 Å². The summed E-state index contributed by atoms with van der Waals surface area (Å²) in [6, 6.07) is 17.1. The van der Waals surface area contributed by atoms with Crippen LogP contribution in [0, 0.1) is 0 Å². The Balaban J connectivity index is 1.34. The molecule has 0 N–H and O–H groups in total. The Labute approximate surface area is 174 Å². The zero-order valence-corrected chi connectivity index (χ0v) is 17.0. The van der Waals surface area contributed by atoms with Crippen molar-refractivity contribution in [3.8, 4) is 11.4 Å². The lowest BCUT2D eigenvalue weighted by atomic mass is 10.2. The molecule has 1 aliphatic rings. The van der Waals surface area contributed by atoms with Crippen LogP contribution in [0.2, 0.25) is 5.02 Å². The lowest BCUT2D eigenvalue weighted by Crippen LogP contribution is -2.50. The monoisotopic (exact) mass is 410 g/mol. The normalized spacial score (nSPS) is 16.0. The van der Waals surface area contributed by atoms with Crippen LogP contribution in [-0.4, -0.2) is 62.1 Å². The molecule has 2 heterocycles. The van der Waals surface area contributed by atoms with Crippen molar-refractivity contribution < 1.29 is 4.79 Å². The van der Waals surface area contributed by atoms with E-state index in [2.05, 4.69) is 44.6 Å². The molecule has 29 heavy (non-hydrogen) atoms. The molecule has 1 fully saturated rings. The summed E-state index contributed by atoms with van der Waals surface area (Å²) in [5, 5.41) is 13.2. The maximum atomic E-state index is 12.9. The van der Waals surface area contributed by atoms with Gasteiger partial charge in [-0.15, -0.1) is 10.2 Å². The first-order chi connectivity index (χ1) is 14.1. The first kappa shape index (κ1) is 19.5. The van der Waals surface area contributed by atoms with Crippen LogP contribution in [0.5, 0.6) is 0 Å². The molecule has 4 rings (SSSR count). The van der Waals surface area contributed by atoms with E-state index in [9.17, 15) is 4.79 Å². The number of carbonyl (C=O) groups is 1. The van der Waals surface area contributed by atoms with Crippen molar-refractivity contribution in [3.63, 3.8) is 0 Å². The smallest absolute Gasteiger partial charge is 0.249 e. The average Bonchev–Trinajstić information content (AvgIpc) is 3.25. The predicted octanol–water partition coefficient (Wildman–Crippen LogP) is 2.90. The molecule has 0 saturated carbocycles. The molecule has 7 nitrogen and oxygen atoms in total. The fourth-order valence-corrected chi connectivity index (χ4v) is 3.56. The number of halogens is 1. The summed E-state index contributed by atoms with van der Waals surface area (Å²) >= 11 is 5.92. The predicted molar refractivity (Wildman–Crippen MR) is 111 cm³/mol. The minimum atomic E-state index is -0.496. The highest BCUT2D eigenvalue weighted by atomic mass is 35.5. The summed E-state index contributed by atoms with van der Waals surface area (Å²) in [6.45, 7) is 5.84. The number of benzene rings is 2. The van der Waals surface area contributed by atoms with E-state index in [-0.39, 0.29) is 5.91 Å². The van der Waals surface area contributed by atoms with Crippen molar-refractivity contribution in [1.82, 2.24) is 30.0 Å². The van der Waals surface area contributed by atoms with Crippen molar-refractivity contribution in [2.24, 2.45) is 0 Å². The average molecular weight is 411 g/mol. The summed E-state index contributed by atoms with van der Waals surface area (Å²) in [5.41, 5.74) is 2.11. The maximum absolute atomic E-state index is 12.9. The Morgan fingerprint density at radius 1 is 1.03 bits per heavy atom. The van der Waals surface area contributed by atoms with E-state index in [0.717, 1.165) is 25.2 Å². The molecule has 0 aliphatic carbocycles. The molecule has 1 aliphatic heterocycles. The van der Waals surface area contributed by atoms with E-state index in [4.69, 9.17) is 11.6 Å². The SMILES string of the molecule is CC(C(=O)N1CCN(Cc2ccccc2)CC1)n1nnc(-c2ccc(Cl)cc2)n1. The van der Waals surface area contributed by atoms with Crippen LogP contribution in [0.1, 0.15) is 18.5 Å². The Morgan fingerprint density at radius 3 is 2.41 bits per heavy atom. The van der Waals surface area contributed by atoms with E-state index in [0.29, 0.717) is 23.9 Å². The second-order valence-electron chi connectivity index (χ2n) is 7.20. The summed E-state index contributed by atoms with van der Waals surface area (Å²) in [6.07, 6.45) is 0. The van der Waals surface area contributed by atoms with E-state index >= 15 is 0 Å². The Kier molecular flexibility index (Phi) is 5.87. The quantitative estimate of drug-likeness (QED) is 0.647. The molecule has 3 aromatic rings. The van der Waals surface area contributed by atoms with Crippen LogP contribution in [0.4, 0.5) is 0 Å². The lowest BCUT2D eigenvalue weighted by Gasteiger charge is -2.35. The Hall–Kier alpha value is -2.77. The van der Waals surface area contributed by atoms with Crippen LogP contribution in [0.25, 0.3) is 11.4 Å². The van der Waals surface area contributed by atoms with Crippen molar-refractivity contribution in [2.75, 3.05) is 26.2 Å². The van der Waals surface area contributed by atoms with Crippen LogP contribution >= 0.6 is 11.6 Å².